The Morgan fingerprint density at radius 2 is 1.65 bits per heavy atom. The van der Waals surface area contributed by atoms with Gasteiger partial charge in [0.25, 0.3) is 0 Å². The quantitative estimate of drug-likeness (QED) is 0.714. The molecule has 1 aliphatic carbocycles. The highest BCUT2D eigenvalue weighted by atomic mass is 19.1. The number of hydrogen-bond acceptors (Lipinski definition) is 2. The number of aryl methyl sites for hydroxylation is 2. The molecule has 1 N–H and O–H groups in total. The lowest BCUT2D eigenvalue weighted by atomic mass is 9.89. The molecule has 0 bridgehead atoms. The molecule has 0 heterocycles. The molecule has 0 spiro atoms. The van der Waals surface area contributed by atoms with Gasteiger partial charge in [-0.25, -0.2) is 8.78 Å². The Morgan fingerprint density at radius 3 is 2.23 bits per heavy atom. The highest BCUT2D eigenvalue weighted by molar-refractivity contribution is 5.37. The zero-order valence-electron chi connectivity index (χ0n) is 15.5. The predicted molar refractivity (Wildman–Crippen MR) is 100 cm³/mol. The molecule has 2 nitrogen and oxygen atoms in total. The van der Waals surface area contributed by atoms with Crippen molar-refractivity contribution in [2.75, 3.05) is 13.2 Å². The van der Waals surface area contributed by atoms with Crippen molar-refractivity contribution < 1.29 is 13.5 Å². The molecule has 26 heavy (non-hydrogen) atoms. The molecule has 0 saturated heterocycles. The third-order valence-corrected chi connectivity index (χ3v) is 5.34. The summed E-state index contributed by atoms with van der Waals surface area (Å²) in [5.74, 6) is -0.950. The fourth-order valence-corrected chi connectivity index (χ4v) is 3.61. The average Bonchev–Trinajstić information content (AvgIpc) is 2.55. The lowest BCUT2D eigenvalue weighted by Crippen LogP contribution is -2.38. The molecule has 1 fully saturated rings. The van der Waals surface area contributed by atoms with Gasteiger partial charge in [0.15, 0.2) is 0 Å². The van der Waals surface area contributed by atoms with Gasteiger partial charge in [0.05, 0.1) is 13.2 Å². The summed E-state index contributed by atoms with van der Waals surface area (Å²) in [5.41, 5.74) is 3.73. The zero-order chi connectivity index (χ0) is 18.5. The first kappa shape index (κ1) is 19.0. The van der Waals surface area contributed by atoms with E-state index in [4.69, 9.17) is 4.74 Å². The van der Waals surface area contributed by atoms with Crippen LogP contribution in [-0.2, 0) is 11.3 Å². The third kappa shape index (κ3) is 4.49. The molecule has 0 amide bonds. The largest absolute Gasteiger partial charge is 0.376 e. The van der Waals surface area contributed by atoms with Crippen LogP contribution in [0.5, 0.6) is 0 Å². The Balaban J connectivity index is 1.69. The molecule has 0 radical (unpaired) electrons. The topological polar surface area (TPSA) is 21.3 Å². The molecular weight excluding hydrogens is 332 g/mol. The lowest BCUT2D eigenvalue weighted by Gasteiger charge is -2.30. The standard InChI is InChI=1S/C22H27F2NO/c1-15-6-3-7-16(2)22(15)17(12-25-18-8-4-9-18)13-26-14-19-20(23)10-5-11-21(19)24/h3,5-7,10-11,17-18,25H,4,8-9,12-14H2,1-2H3. The van der Waals surface area contributed by atoms with Gasteiger partial charge in [0.1, 0.15) is 11.6 Å². The van der Waals surface area contributed by atoms with Crippen LogP contribution in [0.25, 0.3) is 0 Å². The molecule has 0 aliphatic heterocycles. The summed E-state index contributed by atoms with van der Waals surface area (Å²) in [7, 11) is 0. The Morgan fingerprint density at radius 1 is 1.04 bits per heavy atom. The number of ether oxygens (including phenoxy) is 1. The second-order valence-electron chi connectivity index (χ2n) is 7.25. The molecule has 1 unspecified atom stereocenters. The summed E-state index contributed by atoms with van der Waals surface area (Å²) >= 11 is 0. The summed E-state index contributed by atoms with van der Waals surface area (Å²) in [4.78, 5) is 0. The molecule has 0 aromatic heterocycles. The minimum Gasteiger partial charge on any atom is -0.376 e. The van der Waals surface area contributed by atoms with Crippen molar-refractivity contribution >= 4 is 0 Å². The molecule has 1 atom stereocenters. The van der Waals surface area contributed by atoms with E-state index >= 15 is 0 Å². The van der Waals surface area contributed by atoms with Crippen molar-refractivity contribution in [2.45, 2.75) is 51.7 Å². The summed E-state index contributed by atoms with van der Waals surface area (Å²) in [6.45, 7) is 5.41. The minimum atomic E-state index is -0.554. The number of halogens is 2. The van der Waals surface area contributed by atoms with Gasteiger partial charge < -0.3 is 10.1 Å². The molecule has 2 aromatic rings. The van der Waals surface area contributed by atoms with E-state index in [1.54, 1.807) is 0 Å². The number of hydrogen-bond donors (Lipinski definition) is 1. The Labute approximate surface area is 154 Å². The molecule has 3 rings (SSSR count). The number of rotatable bonds is 8. The Kier molecular flexibility index (Phi) is 6.38. The highest BCUT2D eigenvalue weighted by Crippen LogP contribution is 2.26. The third-order valence-electron chi connectivity index (χ3n) is 5.34. The second kappa shape index (κ2) is 8.74. The van der Waals surface area contributed by atoms with Crippen molar-refractivity contribution in [3.8, 4) is 0 Å². The summed E-state index contributed by atoms with van der Waals surface area (Å²) in [6, 6.07) is 10.8. The number of nitrogens with one attached hydrogen (secondary N) is 1. The van der Waals surface area contributed by atoms with Crippen LogP contribution in [0.15, 0.2) is 36.4 Å². The van der Waals surface area contributed by atoms with Gasteiger partial charge in [-0.15, -0.1) is 0 Å². The van der Waals surface area contributed by atoms with Crippen LogP contribution in [0.1, 0.15) is 47.4 Å². The second-order valence-corrected chi connectivity index (χ2v) is 7.25. The van der Waals surface area contributed by atoms with E-state index < -0.39 is 11.6 Å². The SMILES string of the molecule is Cc1cccc(C)c1C(CNC1CCC1)COCc1c(F)cccc1F. The van der Waals surface area contributed by atoms with Crippen LogP contribution >= 0.6 is 0 Å². The van der Waals surface area contributed by atoms with E-state index in [9.17, 15) is 8.78 Å². The maximum absolute atomic E-state index is 13.8. The van der Waals surface area contributed by atoms with Crippen LogP contribution in [-0.4, -0.2) is 19.2 Å². The van der Waals surface area contributed by atoms with Gasteiger partial charge in [0, 0.05) is 24.1 Å². The maximum atomic E-state index is 13.8. The Bertz CT molecular complexity index is 702. The van der Waals surface area contributed by atoms with Gasteiger partial charge in [-0.2, -0.15) is 0 Å². The Hall–Kier alpha value is -1.78. The maximum Gasteiger partial charge on any atom is 0.131 e. The molecule has 4 heteroatoms. The van der Waals surface area contributed by atoms with Gasteiger partial charge in [-0.3, -0.25) is 0 Å². The first-order valence-corrected chi connectivity index (χ1v) is 9.36. The number of benzene rings is 2. The summed E-state index contributed by atoms with van der Waals surface area (Å²) < 4.78 is 33.4. The molecular formula is C22H27F2NO. The van der Waals surface area contributed by atoms with E-state index in [-0.39, 0.29) is 18.1 Å². The van der Waals surface area contributed by atoms with E-state index in [1.165, 1.54) is 54.2 Å². The van der Waals surface area contributed by atoms with Crippen molar-refractivity contribution in [1.82, 2.24) is 5.32 Å². The van der Waals surface area contributed by atoms with E-state index in [0.717, 1.165) is 6.54 Å². The highest BCUT2D eigenvalue weighted by Gasteiger charge is 2.22. The first-order chi connectivity index (χ1) is 12.6. The van der Waals surface area contributed by atoms with Crippen LogP contribution in [0, 0.1) is 25.5 Å². The molecule has 2 aromatic carbocycles. The fourth-order valence-electron chi connectivity index (χ4n) is 3.61. The van der Waals surface area contributed by atoms with Gasteiger partial charge in [-0.1, -0.05) is 30.7 Å². The molecule has 1 aliphatic rings. The van der Waals surface area contributed by atoms with E-state index in [0.29, 0.717) is 12.6 Å². The monoisotopic (exact) mass is 359 g/mol. The van der Waals surface area contributed by atoms with Crippen molar-refractivity contribution in [2.24, 2.45) is 0 Å². The van der Waals surface area contributed by atoms with Crippen LogP contribution in [0.2, 0.25) is 0 Å². The summed E-state index contributed by atoms with van der Waals surface area (Å²) in [5, 5.41) is 3.62. The van der Waals surface area contributed by atoms with Crippen LogP contribution < -0.4 is 5.32 Å². The lowest BCUT2D eigenvalue weighted by molar-refractivity contribution is 0.0997. The van der Waals surface area contributed by atoms with Crippen molar-refractivity contribution in [1.29, 1.82) is 0 Å². The van der Waals surface area contributed by atoms with E-state index in [2.05, 4.69) is 37.4 Å². The average molecular weight is 359 g/mol. The van der Waals surface area contributed by atoms with Gasteiger partial charge >= 0.3 is 0 Å². The molecule has 140 valence electrons. The zero-order valence-corrected chi connectivity index (χ0v) is 15.5. The van der Waals surface area contributed by atoms with Crippen molar-refractivity contribution in [3.63, 3.8) is 0 Å². The van der Waals surface area contributed by atoms with Gasteiger partial charge in [-0.05, 0) is 55.5 Å². The fraction of sp³-hybridized carbons (Fsp3) is 0.455. The summed E-state index contributed by atoms with van der Waals surface area (Å²) in [6.07, 6.45) is 3.73. The molecule has 1 saturated carbocycles. The van der Waals surface area contributed by atoms with E-state index in [1.807, 2.05) is 0 Å². The minimum absolute atomic E-state index is 0.000271. The van der Waals surface area contributed by atoms with Crippen LogP contribution in [0.4, 0.5) is 8.78 Å². The first-order valence-electron chi connectivity index (χ1n) is 9.36. The van der Waals surface area contributed by atoms with Crippen LogP contribution in [0.3, 0.4) is 0 Å². The smallest absolute Gasteiger partial charge is 0.131 e. The van der Waals surface area contributed by atoms with Gasteiger partial charge in [0.2, 0.25) is 0 Å². The van der Waals surface area contributed by atoms with Crippen molar-refractivity contribution in [3.05, 3.63) is 70.3 Å². The predicted octanol–water partition coefficient (Wildman–Crippen LogP) is 5.02. The normalized spacial score (nSPS) is 15.7.